The highest BCUT2D eigenvalue weighted by molar-refractivity contribution is 7.99. The van der Waals surface area contributed by atoms with E-state index >= 15 is 0 Å². The molecule has 5 aromatic rings. The third kappa shape index (κ3) is 4.48. The SMILES string of the molecule is O=C(C([I+]c1ccccc1)=P(c1ccccc1)(c1ccccc1)c1cccs1)c1ccccc1. The molecule has 0 spiro atoms. The van der Waals surface area contributed by atoms with Crippen molar-refractivity contribution in [3.05, 3.63) is 148 Å². The lowest BCUT2D eigenvalue weighted by Gasteiger charge is -2.26. The molecular weight excluding hydrogens is 566 g/mol. The number of benzene rings is 4. The predicted molar refractivity (Wildman–Crippen MR) is 144 cm³/mol. The van der Waals surface area contributed by atoms with Gasteiger partial charge < -0.3 is 0 Å². The van der Waals surface area contributed by atoms with Crippen molar-refractivity contribution in [2.24, 2.45) is 0 Å². The van der Waals surface area contributed by atoms with Crippen LogP contribution in [0.2, 0.25) is 0 Å². The van der Waals surface area contributed by atoms with E-state index in [4.69, 9.17) is 0 Å². The third-order valence-corrected chi connectivity index (χ3v) is 16.2. The van der Waals surface area contributed by atoms with E-state index in [-0.39, 0.29) is 5.78 Å². The first-order chi connectivity index (χ1) is 16.8. The quantitative estimate of drug-likeness (QED) is 0.162. The van der Waals surface area contributed by atoms with E-state index in [1.807, 2.05) is 36.4 Å². The minimum atomic E-state index is -2.37. The van der Waals surface area contributed by atoms with Crippen LogP contribution in [-0.2, 0) is 0 Å². The summed E-state index contributed by atoms with van der Waals surface area (Å²) in [5.74, 6) is 0.173. The Labute approximate surface area is 215 Å². The molecule has 0 aliphatic carbocycles. The summed E-state index contributed by atoms with van der Waals surface area (Å²) >= 11 is 1.04. The Hall–Kier alpha value is -2.72. The van der Waals surface area contributed by atoms with Crippen molar-refractivity contribution in [2.75, 3.05) is 0 Å². The van der Waals surface area contributed by atoms with Crippen LogP contribution in [0, 0.1) is 3.57 Å². The normalized spacial score (nSPS) is 11.2. The van der Waals surface area contributed by atoms with E-state index in [0.717, 1.165) is 8.86 Å². The summed E-state index contributed by atoms with van der Waals surface area (Å²) in [4.78, 5) is 14.5. The molecule has 0 aliphatic rings. The molecular formula is C30H23IOPS+. The summed E-state index contributed by atoms with van der Waals surface area (Å²) in [7, 11) is 0. The van der Waals surface area contributed by atoms with Crippen molar-refractivity contribution in [3.8, 4) is 0 Å². The summed E-state index contributed by atoms with van der Waals surface area (Å²) in [6.07, 6.45) is 0. The monoisotopic (exact) mass is 589 g/mol. The van der Waals surface area contributed by atoms with Gasteiger partial charge in [-0.3, -0.25) is 4.79 Å². The number of halogens is 1. The minimum Gasteiger partial charge on any atom is -0.284 e. The average Bonchev–Trinajstić information content (AvgIpc) is 3.46. The zero-order valence-electron chi connectivity index (χ0n) is 18.4. The van der Waals surface area contributed by atoms with E-state index in [2.05, 4.69) is 102 Å². The van der Waals surface area contributed by atoms with Gasteiger partial charge in [0.05, 0.1) is 0 Å². The van der Waals surface area contributed by atoms with E-state index in [9.17, 15) is 4.79 Å². The number of ketones is 1. The number of hydrogen-bond donors (Lipinski definition) is 0. The van der Waals surface area contributed by atoms with Crippen LogP contribution in [0.15, 0.2) is 139 Å². The highest BCUT2D eigenvalue weighted by Crippen LogP contribution is 2.46. The zero-order valence-corrected chi connectivity index (χ0v) is 22.3. The van der Waals surface area contributed by atoms with E-state index in [1.54, 1.807) is 11.3 Å². The molecule has 0 bridgehead atoms. The van der Waals surface area contributed by atoms with Crippen LogP contribution in [0.25, 0.3) is 0 Å². The van der Waals surface area contributed by atoms with Gasteiger partial charge in [-0.2, -0.15) is 0 Å². The number of carbonyl (C=O) groups is 1. The smallest absolute Gasteiger partial charge is 0.284 e. The fourth-order valence-electron chi connectivity index (χ4n) is 4.04. The predicted octanol–water partition coefficient (Wildman–Crippen LogP) is 3.01. The van der Waals surface area contributed by atoms with Gasteiger partial charge in [0.2, 0.25) is 9.08 Å². The van der Waals surface area contributed by atoms with Crippen molar-refractivity contribution in [1.82, 2.24) is 0 Å². The molecule has 0 atom stereocenters. The lowest BCUT2D eigenvalue weighted by Crippen LogP contribution is -3.65. The Morgan fingerprint density at radius 2 is 1.09 bits per heavy atom. The Morgan fingerprint density at radius 1 is 0.588 bits per heavy atom. The first-order valence-electron chi connectivity index (χ1n) is 11.0. The summed E-state index contributed by atoms with van der Waals surface area (Å²) in [6, 6.07) is 46.1. The summed E-state index contributed by atoms with van der Waals surface area (Å²) in [5.41, 5.74) is 0.765. The Kier molecular flexibility index (Phi) is 7.24. The number of thiophene rings is 1. The average molecular weight is 589 g/mol. The molecule has 0 saturated heterocycles. The van der Waals surface area contributed by atoms with Crippen molar-refractivity contribution in [3.63, 3.8) is 0 Å². The molecule has 0 saturated carbocycles. The van der Waals surface area contributed by atoms with Crippen molar-refractivity contribution >= 4 is 42.5 Å². The first-order valence-corrected chi connectivity index (χ1v) is 15.8. The maximum absolute atomic E-state index is 14.5. The van der Waals surface area contributed by atoms with Crippen LogP contribution in [0.4, 0.5) is 0 Å². The topological polar surface area (TPSA) is 17.1 Å². The molecule has 1 heterocycles. The van der Waals surface area contributed by atoms with Gasteiger partial charge in [0.15, 0.2) is 3.57 Å². The number of rotatable bonds is 7. The van der Waals surface area contributed by atoms with Crippen molar-refractivity contribution < 1.29 is 26.0 Å². The molecule has 4 heteroatoms. The van der Waals surface area contributed by atoms with Gasteiger partial charge in [0.1, 0.15) is 0 Å². The fourth-order valence-corrected chi connectivity index (χ4v) is 16.4. The van der Waals surface area contributed by atoms with Crippen LogP contribution < -0.4 is 36.4 Å². The van der Waals surface area contributed by atoms with Crippen LogP contribution in [-0.4, -0.2) is 9.08 Å². The molecule has 1 nitrogen and oxygen atoms in total. The molecule has 166 valence electrons. The Bertz CT molecular complexity index is 1370. The second-order valence-electron chi connectivity index (χ2n) is 7.67. The van der Waals surface area contributed by atoms with Gasteiger partial charge in [-0.15, -0.1) is 11.3 Å². The third-order valence-electron chi connectivity index (χ3n) is 5.57. The van der Waals surface area contributed by atoms with Gasteiger partial charge in [-0.05, 0) is 34.2 Å². The standard InChI is InChI=1S/C30H23IOPS/c32-29(24-14-5-1-6-15-24)30(31-25-16-7-2-8-17-25)33(28-22-13-23-34-28,26-18-9-3-10-19-26)27-20-11-4-12-21-27/h1-23H/q+1. The van der Waals surface area contributed by atoms with E-state index < -0.39 is 28.1 Å². The van der Waals surface area contributed by atoms with Crippen LogP contribution in [0.5, 0.6) is 0 Å². The van der Waals surface area contributed by atoms with Gasteiger partial charge in [0, 0.05) is 17.1 Å². The molecule has 34 heavy (non-hydrogen) atoms. The number of hydrogen-bond acceptors (Lipinski definition) is 2. The second kappa shape index (κ2) is 10.7. The van der Waals surface area contributed by atoms with Gasteiger partial charge in [-0.1, -0.05) is 115 Å². The summed E-state index contributed by atoms with van der Waals surface area (Å²) < 4.78 is 3.61. The van der Waals surface area contributed by atoms with E-state index in [0.29, 0.717) is 0 Å². The minimum absolute atomic E-state index is 0.173. The molecule has 0 N–H and O–H groups in total. The van der Waals surface area contributed by atoms with E-state index in [1.165, 1.54) is 18.8 Å². The lowest BCUT2D eigenvalue weighted by molar-refractivity contribution is -0.500. The lowest BCUT2D eigenvalue weighted by atomic mass is 10.2. The summed E-state index contributed by atoms with van der Waals surface area (Å²) in [5, 5.41) is 4.61. The molecule has 0 aliphatic heterocycles. The number of Topliss-reactive ketones (excluding diaryl/α,β-unsaturated/α-hetero) is 1. The Balaban J connectivity index is 1.95. The zero-order chi connectivity index (χ0) is 23.2. The summed E-state index contributed by atoms with van der Waals surface area (Å²) in [6.45, 7) is -2.37. The Morgan fingerprint density at radius 3 is 1.59 bits per heavy atom. The molecule has 5 rings (SSSR count). The largest absolute Gasteiger partial charge is 0.363 e. The molecule has 0 unspecified atom stereocenters. The molecule has 0 fully saturated rings. The highest BCUT2D eigenvalue weighted by Gasteiger charge is 2.42. The van der Waals surface area contributed by atoms with Gasteiger partial charge >= 0.3 is 21.2 Å². The van der Waals surface area contributed by atoms with Crippen molar-refractivity contribution in [1.29, 1.82) is 0 Å². The van der Waals surface area contributed by atoms with Crippen LogP contribution in [0.1, 0.15) is 10.4 Å². The second-order valence-corrected chi connectivity index (χ2v) is 15.9. The maximum atomic E-state index is 14.5. The first kappa shape index (κ1) is 23.0. The van der Waals surface area contributed by atoms with Crippen LogP contribution >= 0.6 is 18.2 Å². The molecule has 1 aromatic heterocycles. The number of carbonyl (C=O) groups excluding carboxylic acids is 1. The van der Waals surface area contributed by atoms with Gasteiger partial charge in [-0.25, -0.2) is 0 Å². The molecule has 0 amide bonds. The van der Waals surface area contributed by atoms with Gasteiger partial charge in [0.25, 0.3) is 0 Å². The van der Waals surface area contributed by atoms with Crippen molar-refractivity contribution in [2.45, 2.75) is 0 Å². The van der Waals surface area contributed by atoms with Crippen LogP contribution in [0.3, 0.4) is 0 Å². The molecule has 4 aromatic carbocycles. The fraction of sp³-hybridized carbons (Fsp3) is 0. The highest BCUT2D eigenvalue weighted by atomic mass is 127. The maximum Gasteiger partial charge on any atom is 0.363 e. The molecule has 0 radical (unpaired) electrons.